The molecule has 0 saturated heterocycles. The van der Waals surface area contributed by atoms with Crippen molar-refractivity contribution in [2.45, 2.75) is 40.3 Å². The first-order valence-corrected chi connectivity index (χ1v) is 7.22. The van der Waals surface area contributed by atoms with Crippen molar-refractivity contribution in [2.75, 3.05) is 11.9 Å². The lowest BCUT2D eigenvalue weighted by Gasteiger charge is -2.12. The van der Waals surface area contributed by atoms with Gasteiger partial charge >= 0.3 is 0 Å². The maximum Gasteiger partial charge on any atom is 0.119 e. The molecule has 0 aliphatic carbocycles. The van der Waals surface area contributed by atoms with E-state index in [0.717, 1.165) is 30.9 Å². The largest absolute Gasteiger partial charge is 0.494 e. The number of hydrogen-bond acceptors (Lipinski definition) is 3. The van der Waals surface area contributed by atoms with E-state index >= 15 is 0 Å². The van der Waals surface area contributed by atoms with Crippen LogP contribution in [0.15, 0.2) is 30.5 Å². The quantitative estimate of drug-likeness (QED) is 0.837. The predicted molar refractivity (Wildman–Crippen MR) is 82.2 cm³/mol. The summed E-state index contributed by atoms with van der Waals surface area (Å²) in [6.07, 6.45) is 2.95. The van der Waals surface area contributed by atoms with Crippen LogP contribution < -0.4 is 10.1 Å². The molecule has 1 aromatic carbocycles. The van der Waals surface area contributed by atoms with Crippen LogP contribution in [-0.2, 0) is 13.1 Å². The molecule has 1 N–H and O–H groups in total. The van der Waals surface area contributed by atoms with E-state index in [-0.39, 0.29) is 0 Å². The summed E-state index contributed by atoms with van der Waals surface area (Å²) in [5.74, 6) is 0.923. The van der Waals surface area contributed by atoms with Crippen LogP contribution in [0, 0.1) is 6.92 Å². The molecule has 20 heavy (non-hydrogen) atoms. The van der Waals surface area contributed by atoms with Crippen molar-refractivity contribution < 1.29 is 4.74 Å². The summed E-state index contributed by atoms with van der Waals surface area (Å²) in [6, 6.07) is 8.20. The molecule has 2 aromatic rings. The summed E-state index contributed by atoms with van der Waals surface area (Å²) in [4.78, 5) is 0. The molecular formula is C16H23N3O. The first-order valence-electron chi connectivity index (χ1n) is 7.22. The molecule has 1 aromatic heterocycles. The Labute approximate surface area is 120 Å². The maximum absolute atomic E-state index is 5.50. The normalized spacial score (nSPS) is 10.6. The molecule has 4 heteroatoms. The number of ether oxygens (including phenoxy) is 1. The second-order valence-electron chi connectivity index (χ2n) is 4.81. The lowest BCUT2D eigenvalue weighted by Crippen LogP contribution is -2.09. The van der Waals surface area contributed by atoms with Crippen molar-refractivity contribution in [1.29, 1.82) is 0 Å². The number of anilines is 1. The van der Waals surface area contributed by atoms with Gasteiger partial charge < -0.3 is 10.1 Å². The highest BCUT2D eigenvalue weighted by atomic mass is 16.5. The Bertz CT molecular complexity index is 548. The second kappa shape index (κ2) is 6.98. The highest BCUT2D eigenvalue weighted by Gasteiger charge is 2.04. The molecule has 4 nitrogen and oxygen atoms in total. The van der Waals surface area contributed by atoms with E-state index in [0.29, 0.717) is 6.61 Å². The summed E-state index contributed by atoms with van der Waals surface area (Å²) in [7, 11) is 0. The summed E-state index contributed by atoms with van der Waals surface area (Å²) in [5, 5.41) is 7.80. The van der Waals surface area contributed by atoms with Gasteiger partial charge in [-0.25, -0.2) is 0 Å². The third kappa shape index (κ3) is 3.53. The molecule has 0 bridgehead atoms. The molecule has 1 heterocycles. The number of rotatable bonds is 7. The topological polar surface area (TPSA) is 39.1 Å². The second-order valence-corrected chi connectivity index (χ2v) is 4.81. The standard InChI is InChI=1S/C16H23N3O/c1-4-10-19-14(8-9-18-19)12-17-16-7-6-15(20-5-2)11-13(16)3/h6-9,11,17H,4-5,10,12H2,1-3H3. The number of nitrogens with zero attached hydrogens (tertiary/aromatic N) is 2. The molecule has 0 amide bonds. The Morgan fingerprint density at radius 3 is 2.80 bits per heavy atom. The average molecular weight is 273 g/mol. The van der Waals surface area contributed by atoms with Gasteiger partial charge in [0.2, 0.25) is 0 Å². The van der Waals surface area contributed by atoms with E-state index in [1.54, 1.807) is 0 Å². The summed E-state index contributed by atoms with van der Waals surface area (Å²) in [6.45, 7) is 8.70. The van der Waals surface area contributed by atoms with Crippen molar-refractivity contribution in [3.63, 3.8) is 0 Å². The molecule has 2 rings (SSSR count). The number of aryl methyl sites for hydroxylation is 2. The van der Waals surface area contributed by atoms with Gasteiger partial charge in [0.1, 0.15) is 5.75 Å². The average Bonchev–Trinajstić information content (AvgIpc) is 2.86. The van der Waals surface area contributed by atoms with Gasteiger partial charge in [-0.3, -0.25) is 4.68 Å². The number of aromatic nitrogens is 2. The summed E-state index contributed by atoms with van der Waals surface area (Å²) >= 11 is 0. The van der Waals surface area contributed by atoms with Crippen LogP contribution in [0.5, 0.6) is 5.75 Å². The minimum absolute atomic E-state index is 0.697. The lowest BCUT2D eigenvalue weighted by atomic mass is 10.2. The van der Waals surface area contributed by atoms with Crippen molar-refractivity contribution in [3.05, 3.63) is 41.7 Å². The predicted octanol–water partition coefficient (Wildman–Crippen LogP) is 3.61. The fraction of sp³-hybridized carbons (Fsp3) is 0.438. The van der Waals surface area contributed by atoms with Crippen LogP contribution in [0.25, 0.3) is 0 Å². The Morgan fingerprint density at radius 1 is 1.25 bits per heavy atom. The Morgan fingerprint density at radius 2 is 2.10 bits per heavy atom. The monoisotopic (exact) mass is 273 g/mol. The van der Waals surface area contributed by atoms with Gasteiger partial charge in [0.05, 0.1) is 18.8 Å². The van der Waals surface area contributed by atoms with Crippen molar-refractivity contribution in [3.8, 4) is 5.75 Å². The van der Waals surface area contributed by atoms with E-state index in [2.05, 4.69) is 47.1 Å². The third-order valence-corrected chi connectivity index (χ3v) is 3.21. The van der Waals surface area contributed by atoms with E-state index in [1.807, 2.05) is 19.2 Å². The SMILES string of the molecule is CCCn1nccc1CNc1ccc(OCC)cc1C. The van der Waals surface area contributed by atoms with Crippen LogP contribution in [0.2, 0.25) is 0 Å². The van der Waals surface area contributed by atoms with Gasteiger partial charge in [0, 0.05) is 18.4 Å². The van der Waals surface area contributed by atoms with Gasteiger partial charge in [-0.05, 0) is 50.1 Å². The van der Waals surface area contributed by atoms with Gasteiger partial charge in [-0.2, -0.15) is 5.10 Å². The van der Waals surface area contributed by atoms with E-state index in [4.69, 9.17) is 4.74 Å². The van der Waals surface area contributed by atoms with Crippen LogP contribution in [0.3, 0.4) is 0 Å². The zero-order chi connectivity index (χ0) is 14.4. The fourth-order valence-electron chi connectivity index (χ4n) is 2.20. The molecule has 0 unspecified atom stereocenters. The summed E-state index contributed by atoms with van der Waals surface area (Å²) < 4.78 is 7.55. The van der Waals surface area contributed by atoms with Gasteiger partial charge in [0.25, 0.3) is 0 Å². The molecule has 0 radical (unpaired) electrons. The van der Waals surface area contributed by atoms with Crippen LogP contribution in [0.4, 0.5) is 5.69 Å². The summed E-state index contributed by atoms with van der Waals surface area (Å²) in [5.41, 5.74) is 3.54. The van der Waals surface area contributed by atoms with E-state index in [1.165, 1.54) is 11.3 Å². The zero-order valence-corrected chi connectivity index (χ0v) is 12.5. The van der Waals surface area contributed by atoms with Crippen molar-refractivity contribution in [2.24, 2.45) is 0 Å². The van der Waals surface area contributed by atoms with E-state index < -0.39 is 0 Å². The number of benzene rings is 1. The first-order chi connectivity index (χ1) is 9.74. The maximum atomic E-state index is 5.50. The minimum atomic E-state index is 0.697. The molecule has 0 spiro atoms. The molecule has 0 saturated carbocycles. The zero-order valence-electron chi connectivity index (χ0n) is 12.5. The highest BCUT2D eigenvalue weighted by Crippen LogP contribution is 2.22. The molecule has 0 aliphatic rings. The van der Waals surface area contributed by atoms with Crippen LogP contribution in [-0.4, -0.2) is 16.4 Å². The van der Waals surface area contributed by atoms with Gasteiger partial charge in [-0.15, -0.1) is 0 Å². The van der Waals surface area contributed by atoms with Crippen molar-refractivity contribution >= 4 is 5.69 Å². The van der Waals surface area contributed by atoms with Crippen molar-refractivity contribution in [1.82, 2.24) is 9.78 Å². The Hall–Kier alpha value is -1.97. The number of hydrogen-bond donors (Lipinski definition) is 1. The van der Waals surface area contributed by atoms with E-state index in [9.17, 15) is 0 Å². The van der Waals surface area contributed by atoms with Gasteiger partial charge in [0.15, 0.2) is 0 Å². The smallest absolute Gasteiger partial charge is 0.119 e. The highest BCUT2D eigenvalue weighted by molar-refractivity contribution is 5.53. The molecule has 0 atom stereocenters. The molecule has 108 valence electrons. The van der Waals surface area contributed by atoms with Crippen LogP contribution >= 0.6 is 0 Å². The van der Waals surface area contributed by atoms with Gasteiger partial charge in [-0.1, -0.05) is 6.92 Å². The molecule has 0 aliphatic heterocycles. The Balaban J connectivity index is 2.01. The fourth-order valence-corrected chi connectivity index (χ4v) is 2.20. The first kappa shape index (κ1) is 14.4. The molecule has 0 fully saturated rings. The molecular weight excluding hydrogens is 250 g/mol. The number of nitrogens with one attached hydrogen (secondary N) is 1. The minimum Gasteiger partial charge on any atom is -0.494 e. The third-order valence-electron chi connectivity index (χ3n) is 3.21. The lowest BCUT2D eigenvalue weighted by molar-refractivity contribution is 0.340. The van der Waals surface area contributed by atoms with Crippen LogP contribution in [0.1, 0.15) is 31.5 Å². The Kier molecular flexibility index (Phi) is 5.04.